The average Bonchev–Trinajstić information content (AvgIpc) is 3.27. The number of ketones is 1. The summed E-state index contributed by atoms with van der Waals surface area (Å²) in [4.78, 5) is 26.8. The smallest absolute Gasteiger partial charge is 0.295 e. The summed E-state index contributed by atoms with van der Waals surface area (Å²) in [5, 5.41) is 11.3. The second-order valence-corrected chi connectivity index (χ2v) is 7.22. The lowest BCUT2D eigenvalue weighted by Gasteiger charge is -2.23. The Bertz CT molecular complexity index is 871. The summed E-state index contributed by atoms with van der Waals surface area (Å²) in [6.07, 6.45) is 2.12. The number of aliphatic hydroxyl groups excluding tert-OH is 1. The van der Waals surface area contributed by atoms with Crippen molar-refractivity contribution >= 4 is 29.1 Å². The quantitative estimate of drug-likeness (QED) is 0.325. The van der Waals surface area contributed by atoms with Crippen LogP contribution in [0.2, 0.25) is 5.02 Å². The highest BCUT2D eigenvalue weighted by Crippen LogP contribution is 2.39. The molecule has 1 aliphatic rings. The molecule has 0 bridgehead atoms. The molecule has 3 rings (SSSR count). The highest BCUT2D eigenvalue weighted by Gasteiger charge is 2.47. The molecule has 2 heterocycles. The predicted molar refractivity (Wildman–Crippen MR) is 105 cm³/mol. The topological polar surface area (TPSA) is 80.0 Å². The van der Waals surface area contributed by atoms with E-state index in [1.54, 1.807) is 36.4 Å². The first-order chi connectivity index (χ1) is 13.4. The summed E-state index contributed by atoms with van der Waals surface area (Å²) < 4.78 is 11.0. The SMILES string of the molecule is CC(C)OCCCN1C(=O)C(=O)C(=C(O)c2ccc(Cl)cc2)[C@@H]1c1ccco1. The van der Waals surface area contributed by atoms with Crippen molar-refractivity contribution in [2.24, 2.45) is 0 Å². The number of carbonyl (C=O) groups excluding carboxylic acids is 2. The van der Waals surface area contributed by atoms with Crippen LogP contribution in [-0.4, -0.2) is 41.0 Å². The third-order valence-corrected chi connectivity index (χ3v) is 4.72. The van der Waals surface area contributed by atoms with Gasteiger partial charge in [0.25, 0.3) is 11.7 Å². The van der Waals surface area contributed by atoms with E-state index in [2.05, 4.69) is 0 Å². The third kappa shape index (κ3) is 4.13. The van der Waals surface area contributed by atoms with Gasteiger partial charge in [-0.05, 0) is 56.7 Å². The maximum atomic E-state index is 12.7. The summed E-state index contributed by atoms with van der Waals surface area (Å²) in [6, 6.07) is 8.99. The van der Waals surface area contributed by atoms with Crippen LogP contribution in [0.4, 0.5) is 0 Å². The van der Waals surface area contributed by atoms with Crippen LogP contribution in [0, 0.1) is 0 Å². The normalized spacial score (nSPS) is 19.0. The van der Waals surface area contributed by atoms with Crippen LogP contribution in [-0.2, 0) is 14.3 Å². The average molecular weight is 404 g/mol. The minimum absolute atomic E-state index is 0.00653. The van der Waals surface area contributed by atoms with E-state index in [4.69, 9.17) is 20.8 Å². The molecule has 1 aromatic carbocycles. The summed E-state index contributed by atoms with van der Waals surface area (Å²) in [5.74, 6) is -1.24. The molecule has 7 heteroatoms. The minimum Gasteiger partial charge on any atom is -0.507 e. The zero-order valence-corrected chi connectivity index (χ0v) is 16.5. The summed E-state index contributed by atoms with van der Waals surface area (Å²) in [7, 11) is 0. The van der Waals surface area contributed by atoms with Crippen molar-refractivity contribution in [2.45, 2.75) is 32.4 Å². The molecule has 1 N–H and O–H groups in total. The Morgan fingerprint density at radius 2 is 1.96 bits per heavy atom. The molecule has 1 atom stereocenters. The van der Waals surface area contributed by atoms with Crippen LogP contribution in [0.25, 0.3) is 5.76 Å². The van der Waals surface area contributed by atoms with E-state index in [-0.39, 0.29) is 17.4 Å². The zero-order chi connectivity index (χ0) is 20.3. The Kier molecular flexibility index (Phi) is 6.21. The number of rotatable bonds is 7. The van der Waals surface area contributed by atoms with Crippen molar-refractivity contribution in [1.29, 1.82) is 0 Å². The first-order valence-electron chi connectivity index (χ1n) is 9.09. The molecule has 1 fully saturated rings. The lowest BCUT2D eigenvalue weighted by Crippen LogP contribution is -2.31. The number of carbonyl (C=O) groups is 2. The van der Waals surface area contributed by atoms with Gasteiger partial charge in [-0.3, -0.25) is 9.59 Å². The highest BCUT2D eigenvalue weighted by molar-refractivity contribution is 6.46. The van der Waals surface area contributed by atoms with Gasteiger partial charge >= 0.3 is 0 Å². The van der Waals surface area contributed by atoms with Gasteiger partial charge in [0.2, 0.25) is 0 Å². The molecule has 0 unspecified atom stereocenters. The summed E-state index contributed by atoms with van der Waals surface area (Å²) >= 11 is 5.90. The van der Waals surface area contributed by atoms with E-state index >= 15 is 0 Å². The number of aliphatic hydroxyl groups is 1. The van der Waals surface area contributed by atoms with Crippen LogP contribution in [0.1, 0.15) is 37.6 Å². The molecule has 0 spiro atoms. The fourth-order valence-electron chi connectivity index (χ4n) is 3.17. The van der Waals surface area contributed by atoms with Gasteiger partial charge < -0.3 is 19.2 Å². The molecule has 2 aromatic rings. The Balaban J connectivity index is 1.96. The molecule has 0 saturated carbocycles. The van der Waals surface area contributed by atoms with E-state index in [0.29, 0.717) is 35.9 Å². The highest BCUT2D eigenvalue weighted by atomic mass is 35.5. The minimum atomic E-state index is -0.787. The molecular weight excluding hydrogens is 382 g/mol. The molecule has 0 radical (unpaired) electrons. The standard InChI is InChI=1S/C21H22ClNO5/c1-13(2)27-12-4-10-23-18(16-5-3-11-28-16)17(20(25)21(23)26)19(24)14-6-8-15(22)9-7-14/h3,5-9,11,13,18,24H,4,10,12H2,1-2H3/t18-/m0/s1. The van der Waals surface area contributed by atoms with Crippen molar-refractivity contribution in [3.8, 4) is 0 Å². The Morgan fingerprint density at radius 1 is 1.25 bits per heavy atom. The second-order valence-electron chi connectivity index (χ2n) is 6.79. The van der Waals surface area contributed by atoms with Gasteiger partial charge in [-0.25, -0.2) is 0 Å². The summed E-state index contributed by atoms with van der Waals surface area (Å²) in [6.45, 7) is 4.63. The molecular formula is C21H22ClNO5. The Morgan fingerprint density at radius 3 is 2.57 bits per heavy atom. The number of likely N-dealkylation sites (tertiary alicyclic amines) is 1. The number of halogens is 1. The van der Waals surface area contributed by atoms with Gasteiger partial charge in [0.15, 0.2) is 0 Å². The van der Waals surface area contributed by atoms with Gasteiger partial charge in [0.1, 0.15) is 17.6 Å². The number of Topliss-reactive ketones (excluding diaryl/α,β-unsaturated/α-hetero) is 1. The lowest BCUT2D eigenvalue weighted by atomic mass is 9.99. The van der Waals surface area contributed by atoms with E-state index in [1.807, 2.05) is 13.8 Å². The monoisotopic (exact) mass is 403 g/mol. The predicted octanol–water partition coefficient (Wildman–Crippen LogP) is 4.17. The molecule has 1 amide bonds. The molecule has 6 nitrogen and oxygen atoms in total. The third-order valence-electron chi connectivity index (χ3n) is 4.46. The van der Waals surface area contributed by atoms with Gasteiger partial charge in [-0.1, -0.05) is 11.6 Å². The molecule has 0 aliphatic carbocycles. The first-order valence-corrected chi connectivity index (χ1v) is 9.47. The molecule has 28 heavy (non-hydrogen) atoms. The Labute approximate surface area is 168 Å². The number of furan rings is 1. The number of ether oxygens (including phenoxy) is 1. The maximum absolute atomic E-state index is 12.7. The van der Waals surface area contributed by atoms with Crippen LogP contribution in [0.5, 0.6) is 0 Å². The molecule has 1 saturated heterocycles. The number of benzene rings is 1. The number of nitrogens with zero attached hydrogens (tertiary/aromatic N) is 1. The van der Waals surface area contributed by atoms with E-state index in [9.17, 15) is 14.7 Å². The van der Waals surface area contributed by atoms with Crippen molar-refractivity contribution in [1.82, 2.24) is 4.90 Å². The maximum Gasteiger partial charge on any atom is 0.295 e. The summed E-state index contributed by atoms with van der Waals surface area (Å²) in [5.41, 5.74) is 0.411. The number of amides is 1. The zero-order valence-electron chi connectivity index (χ0n) is 15.7. The molecule has 1 aliphatic heterocycles. The van der Waals surface area contributed by atoms with Gasteiger partial charge in [-0.2, -0.15) is 0 Å². The Hall–Kier alpha value is -2.57. The number of hydrogen-bond donors (Lipinski definition) is 1. The van der Waals surface area contributed by atoms with Crippen LogP contribution < -0.4 is 0 Å². The van der Waals surface area contributed by atoms with Crippen molar-refractivity contribution in [2.75, 3.05) is 13.2 Å². The van der Waals surface area contributed by atoms with Crippen molar-refractivity contribution in [3.05, 3.63) is 64.6 Å². The van der Waals surface area contributed by atoms with Gasteiger partial charge in [0, 0.05) is 23.7 Å². The van der Waals surface area contributed by atoms with Crippen LogP contribution in [0.15, 0.2) is 52.7 Å². The van der Waals surface area contributed by atoms with Gasteiger partial charge in [0.05, 0.1) is 17.9 Å². The fraction of sp³-hybridized carbons (Fsp3) is 0.333. The van der Waals surface area contributed by atoms with Gasteiger partial charge in [-0.15, -0.1) is 0 Å². The van der Waals surface area contributed by atoms with Crippen LogP contribution in [0.3, 0.4) is 0 Å². The second kappa shape index (κ2) is 8.63. The van der Waals surface area contributed by atoms with Crippen LogP contribution >= 0.6 is 11.6 Å². The lowest BCUT2D eigenvalue weighted by molar-refractivity contribution is -0.140. The largest absolute Gasteiger partial charge is 0.507 e. The van der Waals surface area contributed by atoms with E-state index < -0.39 is 17.7 Å². The number of hydrogen-bond acceptors (Lipinski definition) is 5. The molecule has 148 valence electrons. The van der Waals surface area contributed by atoms with E-state index in [0.717, 1.165) is 0 Å². The first kappa shape index (κ1) is 20.2. The van der Waals surface area contributed by atoms with Crippen molar-refractivity contribution in [3.63, 3.8) is 0 Å². The van der Waals surface area contributed by atoms with E-state index in [1.165, 1.54) is 11.2 Å². The molecule has 1 aromatic heterocycles. The fourth-order valence-corrected chi connectivity index (χ4v) is 3.30. The van der Waals surface area contributed by atoms with Crippen molar-refractivity contribution < 1.29 is 23.8 Å².